The van der Waals surface area contributed by atoms with Gasteiger partial charge in [0.2, 0.25) is 0 Å². The lowest BCUT2D eigenvalue weighted by Gasteiger charge is -2.32. The summed E-state index contributed by atoms with van der Waals surface area (Å²) in [5.74, 6) is 0.442. The molecule has 4 nitrogen and oxygen atoms in total. The van der Waals surface area contributed by atoms with Gasteiger partial charge >= 0.3 is 6.18 Å². The van der Waals surface area contributed by atoms with Gasteiger partial charge in [0.25, 0.3) is 10.0 Å². The van der Waals surface area contributed by atoms with Crippen LogP contribution in [0.3, 0.4) is 0 Å². The van der Waals surface area contributed by atoms with Crippen molar-refractivity contribution >= 4 is 15.7 Å². The largest absolute Gasteiger partial charge is 0.393 e. The van der Waals surface area contributed by atoms with Crippen molar-refractivity contribution in [3.05, 3.63) is 59.7 Å². The zero-order chi connectivity index (χ0) is 21.8. The van der Waals surface area contributed by atoms with Crippen LogP contribution in [0.1, 0.15) is 43.2 Å². The fraction of sp³-hybridized carbons (Fsp3) is 0.455. The molecular weight excluding hydrogens is 413 g/mol. The van der Waals surface area contributed by atoms with Crippen LogP contribution in [-0.2, 0) is 16.4 Å². The second kappa shape index (κ2) is 9.39. The molecule has 8 heteroatoms. The monoisotopic (exact) mass is 440 g/mol. The Morgan fingerprint density at radius 2 is 1.73 bits per heavy atom. The van der Waals surface area contributed by atoms with Gasteiger partial charge in [-0.25, -0.2) is 8.42 Å². The Kier molecular flexibility index (Phi) is 7.08. The van der Waals surface area contributed by atoms with Crippen molar-refractivity contribution in [2.75, 3.05) is 24.4 Å². The molecule has 1 N–H and O–H groups in total. The Bertz CT molecular complexity index is 924. The SMILES string of the molecule is CCCN1CCCC(c2ccc(NS(=O)(=O)c3ccc(CC(F)(F)F)cc3)cc2)C1. The standard InChI is InChI=1S/C22H27F3N2O2S/c1-2-13-27-14-3-4-19(16-27)18-7-9-20(10-8-18)26-30(28,29)21-11-5-17(6-12-21)15-22(23,24)25/h5-12,19,26H,2-4,13-16H2,1H3. The Balaban J connectivity index is 1.65. The molecule has 1 fully saturated rings. The molecule has 1 atom stereocenters. The molecule has 0 spiro atoms. The normalized spacial score (nSPS) is 18.3. The minimum absolute atomic E-state index is 0.0235. The number of hydrogen-bond acceptors (Lipinski definition) is 3. The van der Waals surface area contributed by atoms with Crippen LogP contribution in [0.25, 0.3) is 0 Å². The lowest BCUT2D eigenvalue weighted by Crippen LogP contribution is -2.34. The quantitative estimate of drug-likeness (QED) is 0.645. The zero-order valence-electron chi connectivity index (χ0n) is 17.0. The molecule has 0 aliphatic carbocycles. The van der Waals surface area contributed by atoms with Gasteiger partial charge in [0.15, 0.2) is 0 Å². The summed E-state index contributed by atoms with van der Waals surface area (Å²) in [5.41, 5.74) is 1.64. The Morgan fingerprint density at radius 1 is 1.07 bits per heavy atom. The molecule has 2 aromatic carbocycles. The first kappa shape index (κ1) is 22.6. The number of nitrogens with zero attached hydrogens (tertiary/aromatic N) is 1. The van der Waals surface area contributed by atoms with Crippen LogP contribution in [0.15, 0.2) is 53.4 Å². The highest BCUT2D eigenvalue weighted by atomic mass is 32.2. The van der Waals surface area contributed by atoms with Crippen LogP contribution in [0, 0.1) is 0 Å². The number of likely N-dealkylation sites (tertiary alicyclic amines) is 1. The average Bonchev–Trinajstić information content (AvgIpc) is 2.68. The lowest BCUT2D eigenvalue weighted by atomic mass is 9.90. The fourth-order valence-corrected chi connectivity index (χ4v) is 4.96. The highest BCUT2D eigenvalue weighted by molar-refractivity contribution is 7.92. The Hall–Kier alpha value is -2.06. The molecule has 1 heterocycles. The summed E-state index contributed by atoms with van der Waals surface area (Å²) in [6.07, 6.45) is -2.01. The minimum Gasteiger partial charge on any atom is -0.303 e. The van der Waals surface area contributed by atoms with E-state index in [-0.39, 0.29) is 10.5 Å². The van der Waals surface area contributed by atoms with Gasteiger partial charge in [0.05, 0.1) is 11.3 Å². The summed E-state index contributed by atoms with van der Waals surface area (Å²) in [4.78, 5) is 2.40. The molecule has 164 valence electrons. The van der Waals surface area contributed by atoms with Gasteiger partial charge in [-0.1, -0.05) is 31.2 Å². The molecular formula is C22H27F3N2O2S. The van der Waals surface area contributed by atoms with Gasteiger partial charge < -0.3 is 4.90 Å². The van der Waals surface area contributed by atoms with Crippen molar-refractivity contribution in [2.24, 2.45) is 0 Å². The minimum atomic E-state index is -4.33. The van der Waals surface area contributed by atoms with Gasteiger partial charge in [-0.3, -0.25) is 4.72 Å². The van der Waals surface area contributed by atoms with E-state index >= 15 is 0 Å². The first-order valence-electron chi connectivity index (χ1n) is 10.2. The summed E-state index contributed by atoms with van der Waals surface area (Å²) >= 11 is 0. The van der Waals surface area contributed by atoms with Crippen molar-refractivity contribution in [1.29, 1.82) is 0 Å². The maximum Gasteiger partial charge on any atom is 0.393 e. The highest BCUT2D eigenvalue weighted by Gasteiger charge is 2.27. The number of rotatable bonds is 7. The van der Waals surface area contributed by atoms with Gasteiger partial charge in [-0.05, 0) is 73.7 Å². The van der Waals surface area contributed by atoms with Crippen LogP contribution >= 0.6 is 0 Å². The second-order valence-electron chi connectivity index (χ2n) is 7.80. The van der Waals surface area contributed by atoms with Crippen molar-refractivity contribution in [3.63, 3.8) is 0 Å². The van der Waals surface area contributed by atoms with Gasteiger partial charge in [0, 0.05) is 12.2 Å². The third-order valence-corrected chi connectivity index (χ3v) is 6.72. The van der Waals surface area contributed by atoms with Crippen molar-refractivity contribution in [2.45, 2.75) is 49.6 Å². The van der Waals surface area contributed by atoms with E-state index in [2.05, 4.69) is 16.5 Å². The maximum atomic E-state index is 12.6. The molecule has 1 aliphatic heterocycles. The third-order valence-electron chi connectivity index (χ3n) is 5.32. The number of sulfonamides is 1. The maximum absolute atomic E-state index is 12.6. The predicted octanol–water partition coefficient (Wildman–Crippen LogP) is 5.18. The van der Waals surface area contributed by atoms with Crippen LogP contribution in [0.2, 0.25) is 0 Å². The number of anilines is 1. The first-order valence-corrected chi connectivity index (χ1v) is 11.7. The summed E-state index contributed by atoms with van der Waals surface area (Å²) in [6, 6.07) is 12.2. The van der Waals surface area contributed by atoms with Crippen molar-refractivity contribution < 1.29 is 21.6 Å². The fourth-order valence-electron chi connectivity index (χ4n) is 3.90. The molecule has 3 rings (SSSR count). The van der Waals surface area contributed by atoms with E-state index in [4.69, 9.17) is 0 Å². The number of alkyl halides is 3. The average molecular weight is 441 g/mol. The number of piperidine rings is 1. The Morgan fingerprint density at radius 3 is 2.33 bits per heavy atom. The lowest BCUT2D eigenvalue weighted by molar-refractivity contribution is -0.127. The third kappa shape index (κ3) is 6.22. The van der Waals surface area contributed by atoms with Crippen LogP contribution in [0.4, 0.5) is 18.9 Å². The topological polar surface area (TPSA) is 49.4 Å². The molecule has 0 saturated carbocycles. The number of benzene rings is 2. The number of halogens is 3. The molecule has 1 saturated heterocycles. The van der Waals surface area contributed by atoms with E-state index in [9.17, 15) is 21.6 Å². The van der Waals surface area contributed by atoms with Crippen LogP contribution in [0.5, 0.6) is 0 Å². The smallest absolute Gasteiger partial charge is 0.303 e. The molecule has 2 aromatic rings. The second-order valence-corrected chi connectivity index (χ2v) is 9.49. The van der Waals surface area contributed by atoms with E-state index in [1.807, 2.05) is 12.1 Å². The summed E-state index contributed by atoms with van der Waals surface area (Å²) in [7, 11) is -3.87. The zero-order valence-corrected chi connectivity index (χ0v) is 17.8. The summed E-state index contributed by atoms with van der Waals surface area (Å²) in [5, 5.41) is 0. The number of hydrogen-bond donors (Lipinski definition) is 1. The van der Waals surface area contributed by atoms with Crippen LogP contribution < -0.4 is 4.72 Å². The molecule has 30 heavy (non-hydrogen) atoms. The van der Waals surface area contributed by atoms with E-state index in [1.165, 1.54) is 29.8 Å². The number of nitrogens with one attached hydrogen (secondary N) is 1. The highest BCUT2D eigenvalue weighted by Crippen LogP contribution is 2.28. The summed E-state index contributed by atoms with van der Waals surface area (Å²) in [6.45, 7) is 5.41. The van der Waals surface area contributed by atoms with E-state index in [1.54, 1.807) is 12.1 Å². The Labute approximate surface area is 176 Å². The van der Waals surface area contributed by atoms with Crippen molar-refractivity contribution in [3.8, 4) is 0 Å². The van der Waals surface area contributed by atoms with E-state index in [0.717, 1.165) is 38.9 Å². The molecule has 1 unspecified atom stereocenters. The molecule has 0 amide bonds. The summed E-state index contributed by atoms with van der Waals surface area (Å²) < 4.78 is 65.0. The van der Waals surface area contributed by atoms with Gasteiger partial charge in [0.1, 0.15) is 0 Å². The van der Waals surface area contributed by atoms with Gasteiger partial charge in [-0.15, -0.1) is 0 Å². The van der Waals surface area contributed by atoms with E-state index in [0.29, 0.717) is 11.6 Å². The molecule has 0 aromatic heterocycles. The van der Waals surface area contributed by atoms with Crippen LogP contribution in [-0.4, -0.2) is 39.1 Å². The first-order chi connectivity index (χ1) is 14.2. The van der Waals surface area contributed by atoms with Gasteiger partial charge in [-0.2, -0.15) is 13.2 Å². The molecule has 1 aliphatic rings. The molecule has 0 radical (unpaired) electrons. The molecule has 0 bridgehead atoms. The van der Waals surface area contributed by atoms with E-state index < -0.39 is 22.6 Å². The van der Waals surface area contributed by atoms with Crippen molar-refractivity contribution in [1.82, 2.24) is 4.90 Å². The predicted molar refractivity (Wildman–Crippen MR) is 112 cm³/mol.